The number of amides is 4. The molecule has 0 aromatic heterocycles. The Morgan fingerprint density at radius 3 is 2.64 bits per heavy atom. The average molecular weight is 675 g/mol. The molecular formula is C25H26Cl3N7O9. The minimum atomic E-state index is -2.79. The third-order valence-electron chi connectivity index (χ3n) is 7.94. The second kappa shape index (κ2) is 10.7. The van der Waals surface area contributed by atoms with E-state index in [-0.39, 0.29) is 55.8 Å². The number of alkyl halides is 3. The van der Waals surface area contributed by atoms with Gasteiger partial charge in [0.15, 0.2) is 17.2 Å². The number of carbonyl (C=O) groups excluding carboxylic acids is 4. The second-order valence-electron chi connectivity index (χ2n) is 10.6. The Bertz CT molecular complexity index is 1470. The fraction of sp³-hybridized carbons (Fsp3) is 0.480. The van der Waals surface area contributed by atoms with E-state index in [9.17, 15) is 29.4 Å². The van der Waals surface area contributed by atoms with Gasteiger partial charge >= 0.3 is 6.09 Å². The molecular weight excluding hydrogens is 649 g/mol. The van der Waals surface area contributed by atoms with Gasteiger partial charge in [0.05, 0.1) is 30.0 Å². The molecule has 19 heteroatoms. The first kappa shape index (κ1) is 30.3. The number of alkyl carbamates (subject to hydrolysis) is 1. The van der Waals surface area contributed by atoms with Crippen LogP contribution in [0.1, 0.15) is 23.2 Å². The van der Waals surface area contributed by atoms with E-state index in [4.69, 9.17) is 49.0 Å². The third kappa shape index (κ3) is 4.99. The summed E-state index contributed by atoms with van der Waals surface area (Å²) in [6.07, 6.45) is -1.08. The number of nitrogens with zero attached hydrogens (tertiary/aromatic N) is 3. The van der Waals surface area contributed by atoms with Crippen LogP contribution in [0.2, 0.25) is 0 Å². The van der Waals surface area contributed by atoms with Crippen molar-refractivity contribution in [3.05, 3.63) is 36.2 Å². The number of rotatable bonds is 5. The van der Waals surface area contributed by atoms with Crippen LogP contribution in [0.15, 0.2) is 35.6 Å². The predicted molar refractivity (Wildman–Crippen MR) is 152 cm³/mol. The number of carbonyl (C=O) groups is 4. The molecule has 236 valence electrons. The molecule has 3 saturated heterocycles. The first-order valence-electron chi connectivity index (χ1n) is 13.3. The lowest BCUT2D eigenvalue weighted by molar-refractivity contribution is -0.231. The van der Waals surface area contributed by atoms with Crippen molar-refractivity contribution < 1.29 is 43.6 Å². The molecule has 1 spiro atoms. The molecule has 4 amide bonds. The van der Waals surface area contributed by atoms with Crippen molar-refractivity contribution in [2.24, 2.45) is 4.99 Å². The van der Waals surface area contributed by atoms with Gasteiger partial charge in [0.2, 0.25) is 34.1 Å². The van der Waals surface area contributed by atoms with Crippen molar-refractivity contribution in [3.63, 3.8) is 0 Å². The summed E-state index contributed by atoms with van der Waals surface area (Å²) in [4.78, 5) is 58.1. The van der Waals surface area contributed by atoms with Crippen LogP contribution >= 0.6 is 34.8 Å². The third-order valence-corrected chi connectivity index (χ3v) is 8.27. The molecule has 1 aromatic carbocycles. The highest BCUT2D eigenvalue weighted by Gasteiger charge is 2.74. The molecule has 0 radical (unpaired) electrons. The zero-order chi connectivity index (χ0) is 31.6. The second-order valence-corrected chi connectivity index (χ2v) is 13.1. The number of nitrogens with one attached hydrogen (secondary N) is 4. The molecule has 44 heavy (non-hydrogen) atoms. The number of guanidine groups is 1. The summed E-state index contributed by atoms with van der Waals surface area (Å²) in [5.74, 6) is -3.93. The summed E-state index contributed by atoms with van der Waals surface area (Å²) in [6, 6.07) is 1.16. The van der Waals surface area contributed by atoms with E-state index in [1.165, 1.54) is 11.0 Å². The summed E-state index contributed by atoms with van der Waals surface area (Å²) in [5, 5.41) is 34.7. The van der Waals surface area contributed by atoms with E-state index in [0.29, 0.717) is 5.75 Å². The van der Waals surface area contributed by atoms with E-state index in [1.54, 1.807) is 12.1 Å². The van der Waals surface area contributed by atoms with Crippen LogP contribution in [0.25, 0.3) is 0 Å². The van der Waals surface area contributed by atoms with Gasteiger partial charge in [-0.1, -0.05) is 47.4 Å². The lowest BCUT2D eigenvalue weighted by atomic mass is 9.85. The molecule has 5 aliphatic heterocycles. The van der Waals surface area contributed by atoms with Gasteiger partial charge < -0.3 is 45.3 Å². The molecule has 1 aromatic rings. The quantitative estimate of drug-likeness (QED) is 0.129. The molecule has 0 saturated carbocycles. The first-order chi connectivity index (χ1) is 20.7. The van der Waals surface area contributed by atoms with Gasteiger partial charge in [0, 0.05) is 19.4 Å². The largest absolute Gasteiger partial charge is 0.454 e. The zero-order valence-corrected chi connectivity index (χ0v) is 24.9. The van der Waals surface area contributed by atoms with Gasteiger partial charge in [-0.05, 0) is 12.1 Å². The first-order valence-corrected chi connectivity index (χ1v) is 14.4. The highest BCUT2D eigenvalue weighted by atomic mass is 35.6. The predicted octanol–water partition coefficient (Wildman–Crippen LogP) is -0.777. The molecule has 3 fully saturated rings. The number of aliphatic imine (C=N–C) groups is 1. The summed E-state index contributed by atoms with van der Waals surface area (Å²) >= 11 is 17.1. The Balaban J connectivity index is 1.35. The van der Waals surface area contributed by atoms with Gasteiger partial charge in [-0.2, -0.15) is 0 Å². The van der Waals surface area contributed by atoms with Crippen molar-refractivity contribution >= 4 is 64.6 Å². The SMILES string of the molecule is C=C1N[C@H]2[C@H](CN3C(=O)CCC3=O)N=C(NC(=O)OCC(Cl)(Cl)Cl)N3C[C@H](NC(=O)c4cccc5c4OCO5)C(O)(O)[C@]23N1. The lowest BCUT2D eigenvalue weighted by Crippen LogP contribution is -2.78. The minimum Gasteiger partial charge on any atom is -0.454 e. The van der Waals surface area contributed by atoms with Crippen LogP contribution in [0, 0.1) is 0 Å². The van der Waals surface area contributed by atoms with E-state index in [0.717, 1.165) is 4.90 Å². The van der Waals surface area contributed by atoms with Crippen molar-refractivity contribution in [2.45, 2.75) is 46.2 Å². The van der Waals surface area contributed by atoms with Gasteiger partial charge in [-0.15, -0.1) is 0 Å². The number of ether oxygens (including phenoxy) is 3. The maximum atomic E-state index is 13.4. The maximum absolute atomic E-state index is 13.4. The molecule has 0 aliphatic carbocycles. The molecule has 0 bridgehead atoms. The number of benzene rings is 1. The molecule has 16 nitrogen and oxygen atoms in total. The van der Waals surface area contributed by atoms with E-state index < -0.39 is 63.8 Å². The number of hydrogen-bond donors (Lipinski definition) is 6. The molecule has 6 rings (SSSR count). The summed E-state index contributed by atoms with van der Waals surface area (Å²) in [5.41, 5.74) is -1.86. The molecule has 4 atom stereocenters. The average Bonchev–Trinajstić information content (AvgIpc) is 3.70. The molecule has 6 N–H and O–H groups in total. The Kier molecular flexibility index (Phi) is 7.40. The van der Waals surface area contributed by atoms with Gasteiger partial charge in [0.1, 0.15) is 12.6 Å². The van der Waals surface area contributed by atoms with Gasteiger partial charge in [0.25, 0.3) is 5.91 Å². The van der Waals surface area contributed by atoms with Crippen LogP contribution in [0.3, 0.4) is 0 Å². The Morgan fingerprint density at radius 1 is 1.20 bits per heavy atom. The van der Waals surface area contributed by atoms with Crippen LogP contribution < -0.4 is 30.7 Å². The van der Waals surface area contributed by atoms with Gasteiger partial charge in [-0.25, -0.2) is 9.79 Å². The number of imide groups is 1. The number of hydrogen-bond acceptors (Lipinski definition) is 13. The van der Waals surface area contributed by atoms with E-state index in [2.05, 4.69) is 32.8 Å². The number of para-hydroxylation sites is 1. The topological polar surface area (TPSA) is 203 Å². The molecule has 5 heterocycles. The Hall–Kier alpha value is -3.70. The summed E-state index contributed by atoms with van der Waals surface area (Å²) < 4.78 is 13.8. The normalized spacial score (nSPS) is 28.2. The molecule has 0 unspecified atom stereocenters. The summed E-state index contributed by atoms with van der Waals surface area (Å²) in [7, 11) is 0. The fourth-order valence-electron chi connectivity index (χ4n) is 6.07. The standard InChI is InChI=1S/C25H26Cl3N7O9/c1-11-29-19-13(7-34-16(36)5-6-17(34)37)30-21(32-22(39)42-9-23(26,27)28)35-8-15(25(40,41)24(19,35)33-11)31-20(38)12-3-2-4-14-18(12)44-10-43-14/h2-4,13,15,19,29,33,40-41H,1,5-10H2,(H,31,38)(H,30,32,39)/t13-,15-,19-,24-/m0/s1. The zero-order valence-electron chi connectivity index (χ0n) is 22.6. The number of likely N-dealkylation sites (tertiary alicyclic amines) is 1. The van der Waals surface area contributed by atoms with Crippen LogP contribution in [0.4, 0.5) is 4.79 Å². The molecule has 5 aliphatic rings. The Morgan fingerprint density at radius 2 is 1.93 bits per heavy atom. The van der Waals surface area contributed by atoms with Crippen molar-refractivity contribution in [2.75, 3.05) is 26.5 Å². The van der Waals surface area contributed by atoms with E-state index >= 15 is 0 Å². The van der Waals surface area contributed by atoms with Crippen molar-refractivity contribution in [1.82, 2.24) is 31.1 Å². The van der Waals surface area contributed by atoms with E-state index in [1.807, 2.05) is 0 Å². The number of fused-ring (bicyclic) bond motifs is 1. The van der Waals surface area contributed by atoms with Crippen molar-refractivity contribution in [1.29, 1.82) is 0 Å². The highest BCUT2D eigenvalue weighted by Crippen LogP contribution is 2.45. The van der Waals surface area contributed by atoms with Crippen LogP contribution in [-0.2, 0) is 14.3 Å². The highest BCUT2D eigenvalue weighted by molar-refractivity contribution is 6.67. The van der Waals surface area contributed by atoms with Crippen LogP contribution in [0.5, 0.6) is 11.5 Å². The number of halogens is 3. The van der Waals surface area contributed by atoms with Crippen molar-refractivity contribution in [3.8, 4) is 11.5 Å². The summed E-state index contributed by atoms with van der Waals surface area (Å²) in [6.45, 7) is 2.56. The lowest BCUT2D eigenvalue weighted by Gasteiger charge is -2.49. The van der Waals surface area contributed by atoms with Gasteiger partial charge in [-0.3, -0.25) is 24.6 Å². The Labute approximate surface area is 264 Å². The minimum absolute atomic E-state index is 0.0139. The number of aliphatic hydroxyl groups is 2. The maximum Gasteiger partial charge on any atom is 0.414 e. The van der Waals surface area contributed by atoms with Crippen LogP contribution in [-0.4, -0.2) is 110 Å². The monoisotopic (exact) mass is 673 g/mol. The smallest absolute Gasteiger partial charge is 0.414 e. The fourth-order valence-corrected chi connectivity index (χ4v) is 6.23.